The highest BCUT2D eigenvalue weighted by Gasteiger charge is 1.97. The summed E-state index contributed by atoms with van der Waals surface area (Å²) in [6.45, 7) is 3.39. The molecule has 0 atom stereocenters. The first-order valence-electron chi connectivity index (χ1n) is 4.34. The Hall–Kier alpha value is -0.860. The molecule has 2 nitrogen and oxygen atoms in total. The topological polar surface area (TPSA) is 8.81 Å². The highest BCUT2D eigenvalue weighted by molar-refractivity contribution is 4.61. The van der Waals surface area contributed by atoms with Crippen LogP contribution in [0.1, 0.15) is 26.2 Å². The molecule has 0 radical (unpaired) electrons. The van der Waals surface area contributed by atoms with E-state index in [4.69, 9.17) is 0 Å². The number of aromatic nitrogens is 2. The number of halogens is 1. The van der Waals surface area contributed by atoms with Crippen LogP contribution < -0.4 is 4.57 Å². The van der Waals surface area contributed by atoms with Crippen molar-refractivity contribution in [3.8, 4) is 0 Å². The smallest absolute Gasteiger partial charge is 0.243 e. The molecule has 1 rings (SSSR count). The van der Waals surface area contributed by atoms with Crippen molar-refractivity contribution >= 4 is 0 Å². The molecule has 1 aromatic rings. The van der Waals surface area contributed by atoms with Crippen molar-refractivity contribution in [3.63, 3.8) is 0 Å². The molecule has 3 heteroatoms. The summed E-state index contributed by atoms with van der Waals surface area (Å²) in [4.78, 5) is 0. The molecule has 0 bridgehead atoms. The first-order chi connectivity index (χ1) is 5.33. The Bertz CT molecular complexity index is 208. The predicted octanol–water partition coefficient (Wildman–Crippen LogP) is 1.66. The number of imidazole rings is 1. The van der Waals surface area contributed by atoms with Gasteiger partial charge in [0.05, 0.1) is 13.6 Å². The maximum absolute atomic E-state index is 2.23. The minimum absolute atomic E-state index is 0. The number of hydrogen-bond acceptors (Lipinski definition) is 0. The molecule has 0 spiro atoms. The van der Waals surface area contributed by atoms with Crippen molar-refractivity contribution in [1.29, 1.82) is 0 Å². The van der Waals surface area contributed by atoms with Crippen LogP contribution in [0.4, 0.5) is 4.70 Å². The fraction of sp³-hybridized carbons (Fsp3) is 0.667. The fourth-order valence-corrected chi connectivity index (χ4v) is 1.18. The molecule has 0 fully saturated rings. The van der Waals surface area contributed by atoms with E-state index in [1.807, 2.05) is 0 Å². The summed E-state index contributed by atoms with van der Waals surface area (Å²) >= 11 is 0. The van der Waals surface area contributed by atoms with E-state index in [2.05, 4.69) is 41.8 Å². The van der Waals surface area contributed by atoms with Crippen molar-refractivity contribution < 1.29 is 9.27 Å². The van der Waals surface area contributed by atoms with Crippen molar-refractivity contribution in [1.82, 2.24) is 4.57 Å². The van der Waals surface area contributed by atoms with Gasteiger partial charge in [0.2, 0.25) is 6.33 Å². The summed E-state index contributed by atoms with van der Waals surface area (Å²) < 4.78 is 4.31. The van der Waals surface area contributed by atoms with Gasteiger partial charge in [0.1, 0.15) is 12.4 Å². The molecule has 0 unspecified atom stereocenters. The molecule has 0 saturated heterocycles. The summed E-state index contributed by atoms with van der Waals surface area (Å²) in [6, 6.07) is 0. The average Bonchev–Trinajstić information content (AvgIpc) is 2.37. The van der Waals surface area contributed by atoms with Crippen LogP contribution in [-0.4, -0.2) is 4.57 Å². The van der Waals surface area contributed by atoms with Gasteiger partial charge in [-0.15, -0.1) is 0 Å². The lowest BCUT2D eigenvalue weighted by molar-refractivity contribution is -0.696. The van der Waals surface area contributed by atoms with Crippen LogP contribution in [-0.2, 0) is 13.6 Å². The molecule has 0 aliphatic rings. The summed E-state index contributed by atoms with van der Waals surface area (Å²) in [5.41, 5.74) is 0. The Morgan fingerprint density at radius 1 is 1.33 bits per heavy atom. The zero-order valence-electron chi connectivity index (χ0n) is 7.86. The van der Waals surface area contributed by atoms with E-state index < -0.39 is 0 Å². The third-order valence-corrected chi connectivity index (χ3v) is 1.84. The monoisotopic (exact) mass is 173 g/mol. The van der Waals surface area contributed by atoms with E-state index in [1.165, 1.54) is 19.3 Å². The van der Waals surface area contributed by atoms with Crippen LogP contribution in [0.25, 0.3) is 0 Å². The van der Waals surface area contributed by atoms with Gasteiger partial charge in [-0.3, -0.25) is 4.70 Å². The van der Waals surface area contributed by atoms with Gasteiger partial charge in [0.25, 0.3) is 0 Å². The second-order valence-corrected chi connectivity index (χ2v) is 3.02. The molecule has 70 valence electrons. The van der Waals surface area contributed by atoms with E-state index in [0.29, 0.717) is 0 Å². The third kappa shape index (κ3) is 3.51. The molecule has 12 heavy (non-hydrogen) atoms. The second kappa shape index (κ2) is 5.75. The lowest BCUT2D eigenvalue weighted by atomic mass is 10.2. The Morgan fingerprint density at radius 2 is 2.08 bits per heavy atom. The van der Waals surface area contributed by atoms with E-state index in [-0.39, 0.29) is 4.70 Å². The number of rotatable bonds is 4. The van der Waals surface area contributed by atoms with Crippen LogP contribution >= 0.6 is 0 Å². The summed E-state index contributed by atoms with van der Waals surface area (Å²) in [7, 11) is 2.05. The zero-order chi connectivity index (χ0) is 8.10. The molecule has 0 aliphatic carbocycles. The SMILES string of the molecule is CCCCC[n+]1ccn(C)c1.F. The molecule has 1 aromatic heterocycles. The van der Waals surface area contributed by atoms with Crippen LogP contribution in [0.5, 0.6) is 0 Å². The van der Waals surface area contributed by atoms with Crippen molar-refractivity contribution in [2.45, 2.75) is 32.7 Å². The Labute approximate surface area is 73.2 Å². The van der Waals surface area contributed by atoms with E-state index in [9.17, 15) is 0 Å². The van der Waals surface area contributed by atoms with Crippen molar-refractivity contribution in [2.24, 2.45) is 7.05 Å². The third-order valence-electron chi connectivity index (χ3n) is 1.84. The zero-order valence-corrected chi connectivity index (χ0v) is 7.86. The molecule has 0 aliphatic heterocycles. The van der Waals surface area contributed by atoms with Gasteiger partial charge in [-0.05, 0) is 12.8 Å². The lowest BCUT2D eigenvalue weighted by Crippen LogP contribution is -2.30. The van der Waals surface area contributed by atoms with E-state index >= 15 is 0 Å². The first-order valence-corrected chi connectivity index (χ1v) is 4.34. The van der Waals surface area contributed by atoms with Crippen molar-refractivity contribution in [3.05, 3.63) is 18.7 Å². The number of aryl methyl sites for hydroxylation is 2. The largest absolute Gasteiger partial charge is 0.269 e. The molecule has 0 saturated carbocycles. The molecule has 1 heterocycles. The normalized spacial score (nSPS) is 9.50. The van der Waals surface area contributed by atoms with Gasteiger partial charge < -0.3 is 0 Å². The second-order valence-electron chi connectivity index (χ2n) is 3.02. The number of nitrogens with zero attached hydrogens (tertiary/aromatic N) is 2. The maximum atomic E-state index is 2.23. The summed E-state index contributed by atoms with van der Waals surface area (Å²) in [5, 5.41) is 0. The van der Waals surface area contributed by atoms with Gasteiger partial charge in [-0.25, -0.2) is 9.13 Å². The summed E-state index contributed by atoms with van der Waals surface area (Å²) in [6.07, 6.45) is 10.2. The average molecular weight is 173 g/mol. The minimum Gasteiger partial charge on any atom is -0.269 e. The fourth-order valence-electron chi connectivity index (χ4n) is 1.18. The Kier molecular flexibility index (Phi) is 5.34. The van der Waals surface area contributed by atoms with Crippen molar-refractivity contribution in [2.75, 3.05) is 0 Å². The lowest BCUT2D eigenvalue weighted by Gasteiger charge is -1.93. The van der Waals surface area contributed by atoms with Gasteiger partial charge in [-0.2, -0.15) is 0 Å². The molecule has 0 amide bonds. The van der Waals surface area contributed by atoms with Crippen LogP contribution in [0.2, 0.25) is 0 Å². The molecule has 0 aromatic carbocycles. The standard InChI is InChI=1S/C9H17N2.FH/c1-3-4-5-6-11-8-7-10(2)9-11;/h7-9H,3-6H2,1-2H3;1H/q+1;. The van der Waals surface area contributed by atoms with Gasteiger partial charge >= 0.3 is 0 Å². The maximum Gasteiger partial charge on any atom is 0.243 e. The quantitative estimate of drug-likeness (QED) is 0.483. The highest BCUT2D eigenvalue weighted by atomic mass is 19.0. The number of hydrogen-bond donors (Lipinski definition) is 0. The van der Waals surface area contributed by atoms with Gasteiger partial charge in [0, 0.05) is 0 Å². The Morgan fingerprint density at radius 3 is 2.58 bits per heavy atom. The van der Waals surface area contributed by atoms with Crippen LogP contribution in [0.3, 0.4) is 0 Å². The van der Waals surface area contributed by atoms with Gasteiger partial charge in [0.15, 0.2) is 0 Å². The molecular formula is C9H18FN2+. The number of unbranched alkanes of at least 4 members (excludes halogenated alkanes) is 2. The minimum atomic E-state index is 0. The highest BCUT2D eigenvalue weighted by Crippen LogP contribution is 1.92. The molecular weight excluding hydrogens is 155 g/mol. The Balaban J connectivity index is 0.00000121. The van der Waals surface area contributed by atoms with Crippen LogP contribution in [0.15, 0.2) is 18.7 Å². The summed E-state index contributed by atoms with van der Waals surface area (Å²) in [5.74, 6) is 0. The first kappa shape index (κ1) is 11.1. The van der Waals surface area contributed by atoms with Crippen LogP contribution in [0, 0.1) is 0 Å². The van der Waals surface area contributed by atoms with Gasteiger partial charge in [-0.1, -0.05) is 13.3 Å². The molecule has 0 N–H and O–H groups in total. The van der Waals surface area contributed by atoms with E-state index in [1.54, 1.807) is 0 Å². The van der Waals surface area contributed by atoms with E-state index in [0.717, 1.165) is 6.54 Å². The predicted molar refractivity (Wildman–Crippen MR) is 47.6 cm³/mol.